The number of aliphatic imine (C=N–C) groups is 2. The SMILES string of the molecule is CN=C(N=C(c1ccccc1)c1ccc(-c2cccc(-n3c4c(c5ccc(-c6cccc(-n7c8c(c9ccccc97)CCC=C8)c6)cc53)C=CCC4)c2)cc1)c1ccccc1. The maximum absolute atomic E-state index is 5.15. The zero-order valence-corrected chi connectivity index (χ0v) is 34.2. The van der Waals surface area contributed by atoms with Gasteiger partial charge < -0.3 is 9.13 Å². The minimum absolute atomic E-state index is 0.703. The zero-order valence-electron chi connectivity index (χ0n) is 34.2. The number of para-hydroxylation sites is 1. The molecule has 0 N–H and O–H groups in total. The van der Waals surface area contributed by atoms with E-state index < -0.39 is 0 Å². The van der Waals surface area contributed by atoms with E-state index in [4.69, 9.17) is 4.99 Å². The van der Waals surface area contributed by atoms with Gasteiger partial charge in [0.2, 0.25) is 0 Å². The summed E-state index contributed by atoms with van der Waals surface area (Å²) >= 11 is 0. The van der Waals surface area contributed by atoms with Gasteiger partial charge in [-0.2, -0.15) is 0 Å². The Kier molecular flexibility index (Phi) is 9.31. The molecule has 0 spiro atoms. The van der Waals surface area contributed by atoms with Gasteiger partial charge in [-0.15, -0.1) is 0 Å². The summed E-state index contributed by atoms with van der Waals surface area (Å²) in [5.74, 6) is 0.703. The highest BCUT2D eigenvalue weighted by Gasteiger charge is 2.21. The summed E-state index contributed by atoms with van der Waals surface area (Å²) < 4.78 is 4.96. The van der Waals surface area contributed by atoms with Crippen molar-refractivity contribution in [1.82, 2.24) is 9.13 Å². The van der Waals surface area contributed by atoms with Gasteiger partial charge in [0, 0.05) is 62.8 Å². The molecule has 0 radical (unpaired) electrons. The molecule has 2 aliphatic rings. The molecule has 4 nitrogen and oxygen atoms in total. The lowest BCUT2D eigenvalue weighted by atomic mass is 9.98. The average Bonchev–Trinajstić information content (AvgIpc) is 3.85. The molecule has 2 heterocycles. The van der Waals surface area contributed by atoms with Gasteiger partial charge in [-0.1, -0.05) is 158 Å². The molecule has 7 aromatic carbocycles. The quantitative estimate of drug-likeness (QED) is 0.114. The number of aromatic nitrogens is 2. The third-order valence-electron chi connectivity index (χ3n) is 12.3. The lowest BCUT2D eigenvalue weighted by molar-refractivity contribution is 0.889. The number of allylic oxidation sites excluding steroid dienone is 2. The Balaban J connectivity index is 0.977. The maximum Gasteiger partial charge on any atom is 0.154 e. The molecule has 61 heavy (non-hydrogen) atoms. The van der Waals surface area contributed by atoms with Crippen molar-refractivity contribution in [2.75, 3.05) is 7.05 Å². The normalized spacial score (nSPS) is 13.8. The van der Waals surface area contributed by atoms with Crippen LogP contribution in [0.1, 0.15) is 52.0 Å². The molecule has 292 valence electrons. The van der Waals surface area contributed by atoms with Crippen molar-refractivity contribution in [1.29, 1.82) is 0 Å². The molecule has 0 amide bonds. The Morgan fingerprint density at radius 1 is 0.475 bits per heavy atom. The van der Waals surface area contributed by atoms with Crippen molar-refractivity contribution in [2.45, 2.75) is 25.7 Å². The van der Waals surface area contributed by atoms with E-state index in [0.717, 1.165) is 53.6 Å². The van der Waals surface area contributed by atoms with E-state index in [1.54, 1.807) is 7.05 Å². The third-order valence-corrected chi connectivity index (χ3v) is 12.3. The lowest BCUT2D eigenvalue weighted by Crippen LogP contribution is -2.08. The molecule has 0 aliphatic heterocycles. The maximum atomic E-state index is 5.15. The van der Waals surface area contributed by atoms with Gasteiger partial charge in [0.25, 0.3) is 0 Å². The van der Waals surface area contributed by atoms with Crippen LogP contribution in [0.3, 0.4) is 0 Å². The van der Waals surface area contributed by atoms with Gasteiger partial charge in [0.05, 0.1) is 16.7 Å². The van der Waals surface area contributed by atoms with Crippen molar-refractivity contribution in [3.05, 3.63) is 227 Å². The molecule has 2 aliphatic carbocycles. The summed E-state index contributed by atoms with van der Waals surface area (Å²) in [5.41, 5.74) is 19.0. The second-order valence-corrected chi connectivity index (χ2v) is 15.9. The number of benzene rings is 7. The molecule has 2 aromatic heterocycles. The molecule has 11 rings (SSSR count). The van der Waals surface area contributed by atoms with Crippen LogP contribution >= 0.6 is 0 Å². The fraction of sp³-hybridized carbons (Fsp3) is 0.0877. The topological polar surface area (TPSA) is 34.6 Å². The molecule has 0 unspecified atom stereocenters. The number of rotatable bonds is 7. The summed E-state index contributed by atoms with van der Waals surface area (Å²) in [6.07, 6.45) is 13.5. The number of aryl methyl sites for hydroxylation is 1. The van der Waals surface area contributed by atoms with Crippen LogP contribution in [0, 0.1) is 0 Å². The summed E-state index contributed by atoms with van der Waals surface area (Å²) in [6.45, 7) is 0. The van der Waals surface area contributed by atoms with Crippen molar-refractivity contribution in [2.24, 2.45) is 9.98 Å². The number of hydrogen-bond donors (Lipinski definition) is 0. The zero-order chi connectivity index (χ0) is 40.7. The smallest absolute Gasteiger partial charge is 0.154 e. The second kappa shape index (κ2) is 15.6. The van der Waals surface area contributed by atoms with Crippen molar-refractivity contribution in [3.8, 4) is 33.6 Å². The first-order chi connectivity index (χ1) is 30.2. The Morgan fingerprint density at radius 2 is 1.10 bits per heavy atom. The highest BCUT2D eigenvalue weighted by molar-refractivity contribution is 6.19. The molecular weight excluding hydrogens is 741 g/mol. The van der Waals surface area contributed by atoms with Crippen LogP contribution in [0.5, 0.6) is 0 Å². The predicted molar refractivity (Wildman–Crippen MR) is 257 cm³/mol. The van der Waals surface area contributed by atoms with E-state index in [9.17, 15) is 0 Å². The summed E-state index contributed by atoms with van der Waals surface area (Å²) in [5, 5.41) is 2.64. The Morgan fingerprint density at radius 3 is 1.87 bits per heavy atom. The second-order valence-electron chi connectivity index (χ2n) is 15.9. The van der Waals surface area contributed by atoms with Crippen LogP contribution < -0.4 is 0 Å². The molecule has 0 saturated carbocycles. The summed E-state index contributed by atoms with van der Waals surface area (Å²) in [7, 11) is 1.81. The standard InChI is InChI=1S/C57H44N4/c1-58-57(42-18-6-3-7-19-42)59-56(40-16-4-2-5-17-40)41-32-30-39(31-33-41)43-20-14-23-47(36-43)61-54-29-13-10-26-50(54)51-35-34-45(38-55(51)61)44-21-15-22-46(37-44)60-52-27-11-8-24-48(52)49-25-9-12-28-53(49)60/h2-8,10-12,14-24,26-28,30-38H,9,13,25,29H2,1H3. The van der Waals surface area contributed by atoms with Gasteiger partial charge in [0.15, 0.2) is 5.84 Å². The number of hydrogen-bond acceptors (Lipinski definition) is 1. The van der Waals surface area contributed by atoms with Crippen LogP contribution in [0.15, 0.2) is 198 Å². The van der Waals surface area contributed by atoms with Gasteiger partial charge in [-0.3, -0.25) is 4.99 Å². The first-order valence-corrected chi connectivity index (χ1v) is 21.3. The summed E-state index contributed by atoms with van der Waals surface area (Å²) in [4.78, 5) is 9.74. The molecular formula is C57H44N4. The molecule has 4 heteroatoms. The summed E-state index contributed by atoms with van der Waals surface area (Å²) in [6, 6.07) is 63.3. The van der Waals surface area contributed by atoms with Gasteiger partial charge >= 0.3 is 0 Å². The first-order valence-electron chi connectivity index (χ1n) is 21.3. The Labute approximate surface area is 356 Å². The van der Waals surface area contributed by atoms with Crippen LogP contribution in [-0.4, -0.2) is 27.7 Å². The predicted octanol–water partition coefficient (Wildman–Crippen LogP) is 13.7. The monoisotopic (exact) mass is 784 g/mol. The van der Waals surface area contributed by atoms with Gasteiger partial charge in [0.1, 0.15) is 0 Å². The Hall–Kier alpha value is -7.56. The number of nitrogens with zero attached hydrogens (tertiary/aromatic N) is 4. The fourth-order valence-electron chi connectivity index (χ4n) is 9.46. The van der Waals surface area contributed by atoms with Crippen LogP contribution in [0.4, 0.5) is 0 Å². The number of amidine groups is 1. The molecule has 9 aromatic rings. The van der Waals surface area contributed by atoms with Crippen molar-refractivity contribution >= 4 is 45.5 Å². The molecule has 0 fully saturated rings. The van der Waals surface area contributed by atoms with E-state index in [2.05, 4.69) is 190 Å². The van der Waals surface area contributed by atoms with Crippen molar-refractivity contribution < 1.29 is 0 Å². The highest BCUT2D eigenvalue weighted by atomic mass is 15.0. The fourth-order valence-corrected chi connectivity index (χ4v) is 9.46. The van der Waals surface area contributed by atoms with Gasteiger partial charge in [-0.05, 0) is 96.0 Å². The highest BCUT2D eigenvalue weighted by Crippen LogP contribution is 2.39. The third kappa shape index (κ3) is 6.58. The minimum atomic E-state index is 0.703. The Bertz CT molecular complexity index is 3230. The lowest BCUT2D eigenvalue weighted by Gasteiger charge is -2.15. The molecule has 0 bridgehead atoms. The average molecular weight is 785 g/mol. The van der Waals surface area contributed by atoms with E-state index in [1.807, 2.05) is 24.3 Å². The molecule has 0 atom stereocenters. The van der Waals surface area contributed by atoms with E-state index in [0.29, 0.717) is 5.84 Å². The van der Waals surface area contributed by atoms with Gasteiger partial charge in [-0.25, -0.2) is 4.99 Å². The van der Waals surface area contributed by atoms with E-state index in [1.165, 1.54) is 72.4 Å². The largest absolute Gasteiger partial charge is 0.313 e. The van der Waals surface area contributed by atoms with E-state index >= 15 is 0 Å². The molecule has 0 saturated heterocycles. The van der Waals surface area contributed by atoms with Crippen LogP contribution in [0.25, 0.3) is 67.6 Å². The minimum Gasteiger partial charge on any atom is -0.313 e. The van der Waals surface area contributed by atoms with E-state index in [-0.39, 0.29) is 0 Å². The van der Waals surface area contributed by atoms with Crippen LogP contribution in [0.2, 0.25) is 0 Å². The van der Waals surface area contributed by atoms with Crippen molar-refractivity contribution in [3.63, 3.8) is 0 Å². The first kappa shape index (κ1) is 36.5. The number of fused-ring (bicyclic) bond motifs is 6. The van der Waals surface area contributed by atoms with Crippen LogP contribution in [-0.2, 0) is 12.8 Å².